The van der Waals surface area contributed by atoms with Crippen LogP contribution in [0.25, 0.3) is 22.4 Å². The third-order valence-electron chi connectivity index (χ3n) is 3.97. The minimum Gasteiger partial charge on any atom is -0.508 e. The maximum absolute atomic E-state index is 9.87. The minimum absolute atomic E-state index is 0.225. The van der Waals surface area contributed by atoms with E-state index in [1.807, 2.05) is 49.4 Å². The Morgan fingerprint density at radius 3 is 2.76 bits per heavy atom. The van der Waals surface area contributed by atoms with Crippen molar-refractivity contribution < 1.29 is 9.52 Å². The van der Waals surface area contributed by atoms with E-state index in [1.165, 1.54) is 6.33 Å². The average Bonchev–Trinajstić information content (AvgIpc) is 3.04. The molecule has 0 bridgehead atoms. The molecule has 2 aromatic heterocycles. The number of fused-ring (bicyclic) bond motifs is 1. The summed E-state index contributed by atoms with van der Waals surface area (Å²) in [6.45, 7) is 1.84. The molecule has 124 valence electrons. The molecule has 0 aliphatic heterocycles. The highest BCUT2D eigenvalue weighted by molar-refractivity contribution is 5.91. The lowest BCUT2D eigenvalue weighted by atomic mass is 10.1. The number of nitrogen functional groups attached to an aromatic ring is 1. The standard InChI is InChI=1S/C19H16N4O2/c1-11-5-6-14(8-16(11)24)23-18-15-9-17(25-19(15)22-10-21-18)12-3-2-4-13(20)7-12/h2-10,24H,20H2,1H3,(H,21,22,23). The number of phenols is 1. The Bertz CT molecular complexity index is 1070. The lowest BCUT2D eigenvalue weighted by molar-refractivity contribution is 0.471. The zero-order valence-electron chi connectivity index (χ0n) is 13.5. The number of nitrogens with one attached hydrogen (secondary N) is 1. The molecule has 0 aliphatic rings. The molecule has 4 rings (SSSR count). The summed E-state index contributed by atoms with van der Waals surface area (Å²) in [4.78, 5) is 8.48. The van der Waals surface area contributed by atoms with Crippen LogP contribution in [-0.2, 0) is 0 Å². The van der Waals surface area contributed by atoms with E-state index in [-0.39, 0.29) is 5.75 Å². The number of furan rings is 1. The first-order valence-electron chi connectivity index (χ1n) is 7.77. The van der Waals surface area contributed by atoms with Gasteiger partial charge in [-0.3, -0.25) is 0 Å². The second-order valence-electron chi connectivity index (χ2n) is 5.80. The summed E-state index contributed by atoms with van der Waals surface area (Å²) in [6, 6.07) is 14.7. The summed E-state index contributed by atoms with van der Waals surface area (Å²) >= 11 is 0. The van der Waals surface area contributed by atoms with E-state index in [9.17, 15) is 5.11 Å². The minimum atomic E-state index is 0.225. The molecular weight excluding hydrogens is 316 g/mol. The number of hydrogen-bond donors (Lipinski definition) is 3. The van der Waals surface area contributed by atoms with Crippen molar-refractivity contribution in [2.24, 2.45) is 0 Å². The number of aryl methyl sites for hydroxylation is 1. The topological polar surface area (TPSA) is 97.2 Å². The van der Waals surface area contributed by atoms with Crippen LogP contribution in [0.3, 0.4) is 0 Å². The Kier molecular flexibility index (Phi) is 3.50. The highest BCUT2D eigenvalue weighted by Crippen LogP contribution is 2.32. The largest absolute Gasteiger partial charge is 0.508 e. The number of rotatable bonds is 3. The molecule has 0 unspecified atom stereocenters. The van der Waals surface area contributed by atoms with Gasteiger partial charge in [0.15, 0.2) is 0 Å². The molecule has 0 atom stereocenters. The zero-order chi connectivity index (χ0) is 17.4. The van der Waals surface area contributed by atoms with E-state index in [4.69, 9.17) is 10.2 Å². The lowest BCUT2D eigenvalue weighted by Gasteiger charge is -2.07. The Labute approximate surface area is 144 Å². The molecule has 0 spiro atoms. The van der Waals surface area contributed by atoms with Crippen molar-refractivity contribution in [1.82, 2.24) is 9.97 Å². The molecule has 0 saturated heterocycles. The first kappa shape index (κ1) is 15.0. The summed E-state index contributed by atoms with van der Waals surface area (Å²) in [5, 5.41) is 13.8. The first-order chi connectivity index (χ1) is 12.1. The summed E-state index contributed by atoms with van der Waals surface area (Å²) in [6.07, 6.45) is 1.44. The molecule has 0 fully saturated rings. The summed E-state index contributed by atoms with van der Waals surface area (Å²) in [5.74, 6) is 1.49. The van der Waals surface area contributed by atoms with Crippen LogP contribution in [0.1, 0.15) is 5.56 Å². The summed E-state index contributed by atoms with van der Waals surface area (Å²) < 4.78 is 5.83. The lowest BCUT2D eigenvalue weighted by Crippen LogP contribution is -1.94. The van der Waals surface area contributed by atoms with Crippen molar-refractivity contribution in [3.05, 3.63) is 60.4 Å². The van der Waals surface area contributed by atoms with Gasteiger partial charge in [0.1, 0.15) is 23.7 Å². The molecule has 2 heterocycles. The highest BCUT2D eigenvalue weighted by atomic mass is 16.3. The number of nitrogens with zero attached hydrogens (tertiary/aromatic N) is 2. The van der Waals surface area contributed by atoms with E-state index in [1.54, 1.807) is 6.07 Å². The Hall–Kier alpha value is -3.54. The van der Waals surface area contributed by atoms with Gasteiger partial charge in [-0.15, -0.1) is 0 Å². The number of hydrogen-bond acceptors (Lipinski definition) is 6. The van der Waals surface area contributed by atoms with Crippen LogP contribution in [0.2, 0.25) is 0 Å². The third kappa shape index (κ3) is 2.85. The molecular formula is C19H16N4O2. The number of aromatic hydroxyl groups is 1. The third-order valence-corrected chi connectivity index (χ3v) is 3.97. The number of benzene rings is 2. The first-order valence-corrected chi connectivity index (χ1v) is 7.77. The van der Waals surface area contributed by atoms with Gasteiger partial charge in [0, 0.05) is 23.0 Å². The fourth-order valence-corrected chi connectivity index (χ4v) is 2.61. The van der Waals surface area contributed by atoms with Crippen molar-refractivity contribution in [2.45, 2.75) is 6.92 Å². The number of phenolic OH excluding ortho intramolecular Hbond substituents is 1. The van der Waals surface area contributed by atoms with Crippen LogP contribution in [0.4, 0.5) is 17.2 Å². The van der Waals surface area contributed by atoms with Crippen LogP contribution in [0.5, 0.6) is 5.75 Å². The van der Waals surface area contributed by atoms with Gasteiger partial charge in [0.2, 0.25) is 5.71 Å². The van der Waals surface area contributed by atoms with E-state index in [0.29, 0.717) is 23.0 Å². The van der Waals surface area contributed by atoms with Crippen LogP contribution >= 0.6 is 0 Å². The molecule has 2 aromatic carbocycles. The SMILES string of the molecule is Cc1ccc(Nc2ncnc3oc(-c4cccc(N)c4)cc23)cc1O. The predicted octanol–water partition coefficient (Wildman–Crippen LogP) is 4.23. The maximum Gasteiger partial charge on any atom is 0.231 e. The van der Waals surface area contributed by atoms with Gasteiger partial charge >= 0.3 is 0 Å². The maximum atomic E-state index is 9.87. The summed E-state index contributed by atoms with van der Waals surface area (Å²) in [7, 11) is 0. The van der Waals surface area contributed by atoms with Gasteiger partial charge in [-0.1, -0.05) is 18.2 Å². The monoisotopic (exact) mass is 332 g/mol. The van der Waals surface area contributed by atoms with E-state index in [0.717, 1.165) is 22.2 Å². The van der Waals surface area contributed by atoms with Crippen LogP contribution in [-0.4, -0.2) is 15.1 Å². The second-order valence-corrected chi connectivity index (χ2v) is 5.80. The van der Waals surface area contributed by atoms with Gasteiger partial charge in [-0.05, 0) is 36.8 Å². The van der Waals surface area contributed by atoms with Crippen molar-refractivity contribution in [2.75, 3.05) is 11.1 Å². The molecule has 4 aromatic rings. The van der Waals surface area contributed by atoms with Crippen molar-refractivity contribution >= 4 is 28.3 Å². The second kappa shape index (κ2) is 5.83. The molecule has 6 nitrogen and oxygen atoms in total. The molecule has 0 aliphatic carbocycles. The smallest absolute Gasteiger partial charge is 0.231 e. The predicted molar refractivity (Wildman–Crippen MR) is 97.8 cm³/mol. The molecule has 4 N–H and O–H groups in total. The van der Waals surface area contributed by atoms with Gasteiger partial charge < -0.3 is 20.6 Å². The molecule has 25 heavy (non-hydrogen) atoms. The fraction of sp³-hybridized carbons (Fsp3) is 0.0526. The quantitative estimate of drug-likeness (QED) is 0.486. The molecule has 0 amide bonds. The number of nitrogens with two attached hydrogens (primary N) is 1. The number of aromatic nitrogens is 2. The van der Waals surface area contributed by atoms with Crippen molar-refractivity contribution in [1.29, 1.82) is 0 Å². The molecule has 0 radical (unpaired) electrons. The van der Waals surface area contributed by atoms with Crippen LogP contribution < -0.4 is 11.1 Å². The van der Waals surface area contributed by atoms with Crippen molar-refractivity contribution in [3.63, 3.8) is 0 Å². The van der Waals surface area contributed by atoms with E-state index >= 15 is 0 Å². The Balaban J connectivity index is 1.76. The van der Waals surface area contributed by atoms with Crippen LogP contribution in [0.15, 0.2) is 59.3 Å². The normalized spacial score (nSPS) is 10.9. The zero-order valence-corrected chi connectivity index (χ0v) is 13.5. The van der Waals surface area contributed by atoms with Gasteiger partial charge in [-0.25, -0.2) is 9.97 Å². The Morgan fingerprint density at radius 2 is 1.96 bits per heavy atom. The van der Waals surface area contributed by atoms with Gasteiger partial charge in [0.05, 0.1) is 5.39 Å². The van der Waals surface area contributed by atoms with Gasteiger partial charge in [0.25, 0.3) is 0 Å². The summed E-state index contributed by atoms with van der Waals surface area (Å²) in [5.41, 5.74) is 9.40. The molecule has 6 heteroatoms. The highest BCUT2D eigenvalue weighted by Gasteiger charge is 2.12. The van der Waals surface area contributed by atoms with Gasteiger partial charge in [-0.2, -0.15) is 0 Å². The van der Waals surface area contributed by atoms with E-state index < -0.39 is 0 Å². The fourth-order valence-electron chi connectivity index (χ4n) is 2.61. The Morgan fingerprint density at radius 1 is 1.08 bits per heavy atom. The molecule has 0 saturated carbocycles. The average molecular weight is 332 g/mol. The van der Waals surface area contributed by atoms with Crippen LogP contribution in [0, 0.1) is 6.92 Å². The number of anilines is 3. The van der Waals surface area contributed by atoms with Crippen molar-refractivity contribution in [3.8, 4) is 17.1 Å². The van der Waals surface area contributed by atoms with E-state index in [2.05, 4.69) is 15.3 Å².